The highest BCUT2D eigenvalue weighted by molar-refractivity contribution is 6.04. The summed E-state index contributed by atoms with van der Waals surface area (Å²) in [6.45, 7) is 14.0. The van der Waals surface area contributed by atoms with Crippen LogP contribution in [0.2, 0.25) is 0 Å². The van der Waals surface area contributed by atoms with Gasteiger partial charge in [-0.05, 0) is 74.7 Å². The maximum atomic E-state index is 4.28. The van der Waals surface area contributed by atoms with Gasteiger partial charge in [0.15, 0.2) is 0 Å². The Balaban J connectivity index is 2.24. The van der Waals surface area contributed by atoms with Crippen molar-refractivity contribution in [2.75, 3.05) is 17.7 Å². The summed E-state index contributed by atoms with van der Waals surface area (Å²) in [5.74, 6) is 0.741. The molecule has 0 saturated carbocycles. The standard InChI is InChI=1S/C23H29N5/c1-7-18-9-10-20(28-23(26-6)13-17(3)24-4)14-19(18)15-27-22-12-16(2)8-11-21(22)25-5/h8-14,27H,4-5,7,15H2,1-3,6H3,(H,26,28)/b17-13-. The SMILES string of the molecule is C=N/C(C)=C\C(=NC)Nc1ccc(CC)c(CNc2cc(C)ccc2N=C)c1. The third kappa shape index (κ3) is 5.64. The molecule has 2 N–H and O–H groups in total. The van der Waals surface area contributed by atoms with Crippen LogP contribution in [0.15, 0.2) is 63.1 Å². The van der Waals surface area contributed by atoms with Crippen molar-refractivity contribution >= 4 is 36.3 Å². The number of amidine groups is 1. The molecule has 0 radical (unpaired) electrons. The summed E-state index contributed by atoms with van der Waals surface area (Å²) in [5, 5.41) is 6.85. The summed E-state index contributed by atoms with van der Waals surface area (Å²) in [6, 6.07) is 12.5. The monoisotopic (exact) mass is 375 g/mol. The fourth-order valence-corrected chi connectivity index (χ4v) is 2.88. The van der Waals surface area contributed by atoms with Gasteiger partial charge in [-0.1, -0.05) is 19.1 Å². The Morgan fingerprint density at radius 1 is 1.11 bits per heavy atom. The molecule has 0 aliphatic rings. The number of allylic oxidation sites excluding steroid dienone is 1. The van der Waals surface area contributed by atoms with Gasteiger partial charge >= 0.3 is 0 Å². The highest BCUT2D eigenvalue weighted by Crippen LogP contribution is 2.27. The Bertz CT molecular complexity index is 909. The molecule has 0 fully saturated rings. The zero-order valence-electron chi connectivity index (χ0n) is 17.2. The van der Waals surface area contributed by atoms with Gasteiger partial charge in [0.2, 0.25) is 0 Å². The van der Waals surface area contributed by atoms with E-state index in [1.54, 1.807) is 7.05 Å². The van der Waals surface area contributed by atoms with Gasteiger partial charge in [0.1, 0.15) is 5.84 Å². The van der Waals surface area contributed by atoms with E-state index >= 15 is 0 Å². The van der Waals surface area contributed by atoms with Crippen LogP contribution in [0.25, 0.3) is 0 Å². The van der Waals surface area contributed by atoms with Crippen LogP contribution in [-0.2, 0) is 13.0 Å². The normalized spacial score (nSPS) is 11.9. The van der Waals surface area contributed by atoms with Crippen LogP contribution in [0.3, 0.4) is 0 Å². The topological polar surface area (TPSA) is 61.1 Å². The first kappa shape index (κ1) is 21.1. The van der Waals surface area contributed by atoms with E-state index in [-0.39, 0.29) is 0 Å². The van der Waals surface area contributed by atoms with Crippen LogP contribution in [0.1, 0.15) is 30.5 Å². The summed E-state index contributed by atoms with van der Waals surface area (Å²) in [7, 11) is 1.75. The number of hydrogen-bond acceptors (Lipinski definition) is 4. The maximum Gasteiger partial charge on any atom is 0.126 e. The summed E-state index contributed by atoms with van der Waals surface area (Å²) >= 11 is 0. The molecule has 146 valence electrons. The molecule has 0 amide bonds. The average molecular weight is 376 g/mol. The van der Waals surface area contributed by atoms with Gasteiger partial charge in [-0.3, -0.25) is 15.0 Å². The van der Waals surface area contributed by atoms with Crippen molar-refractivity contribution in [2.24, 2.45) is 15.0 Å². The van der Waals surface area contributed by atoms with Crippen molar-refractivity contribution in [2.45, 2.75) is 33.7 Å². The Morgan fingerprint density at radius 3 is 2.54 bits per heavy atom. The Hall–Kier alpha value is -3.21. The van der Waals surface area contributed by atoms with Crippen molar-refractivity contribution in [1.29, 1.82) is 0 Å². The molecule has 0 bridgehead atoms. The predicted octanol–water partition coefficient (Wildman–Crippen LogP) is 5.55. The largest absolute Gasteiger partial charge is 0.379 e. The molecule has 2 aromatic carbocycles. The van der Waals surface area contributed by atoms with Crippen molar-refractivity contribution < 1.29 is 0 Å². The minimum atomic E-state index is 0.701. The number of nitrogens with zero attached hydrogens (tertiary/aromatic N) is 3. The zero-order valence-corrected chi connectivity index (χ0v) is 17.2. The van der Waals surface area contributed by atoms with Crippen molar-refractivity contribution in [1.82, 2.24) is 0 Å². The van der Waals surface area contributed by atoms with Crippen LogP contribution in [0.4, 0.5) is 17.1 Å². The molecule has 0 saturated heterocycles. The first-order valence-electron chi connectivity index (χ1n) is 9.32. The number of benzene rings is 2. The van der Waals surface area contributed by atoms with Crippen LogP contribution in [0, 0.1) is 6.92 Å². The second kappa shape index (κ2) is 10.2. The van der Waals surface area contributed by atoms with E-state index in [1.807, 2.05) is 25.1 Å². The molecule has 2 rings (SSSR count). The molecule has 0 heterocycles. The van der Waals surface area contributed by atoms with E-state index in [2.05, 4.69) is 77.2 Å². The summed E-state index contributed by atoms with van der Waals surface area (Å²) < 4.78 is 0. The summed E-state index contributed by atoms with van der Waals surface area (Å²) in [6.07, 6.45) is 2.83. The third-order valence-corrected chi connectivity index (χ3v) is 4.49. The molecule has 5 heteroatoms. The quantitative estimate of drug-likeness (QED) is 0.469. The van der Waals surface area contributed by atoms with E-state index < -0.39 is 0 Å². The predicted molar refractivity (Wildman–Crippen MR) is 124 cm³/mol. The number of aliphatic imine (C=N–C) groups is 3. The van der Waals surface area contributed by atoms with E-state index in [0.717, 1.165) is 35.0 Å². The highest BCUT2D eigenvalue weighted by atomic mass is 15.0. The minimum absolute atomic E-state index is 0.701. The molecular formula is C23H29N5. The molecule has 0 aliphatic heterocycles. The molecule has 28 heavy (non-hydrogen) atoms. The van der Waals surface area contributed by atoms with Crippen molar-refractivity contribution in [3.8, 4) is 0 Å². The molecule has 0 aliphatic carbocycles. The molecule has 0 unspecified atom stereocenters. The fraction of sp³-hybridized carbons (Fsp3) is 0.261. The van der Waals surface area contributed by atoms with Gasteiger partial charge in [0.05, 0.1) is 11.4 Å². The number of rotatable bonds is 8. The van der Waals surface area contributed by atoms with E-state index in [1.165, 1.54) is 16.7 Å². The summed E-state index contributed by atoms with van der Waals surface area (Å²) in [5.41, 5.74) is 7.34. The van der Waals surface area contributed by atoms with E-state index in [9.17, 15) is 0 Å². The number of aryl methyl sites for hydroxylation is 2. The second-order valence-electron chi connectivity index (χ2n) is 6.55. The van der Waals surface area contributed by atoms with Gasteiger partial charge < -0.3 is 10.6 Å². The highest BCUT2D eigenvalue weighted by Gasteiger charge is 2.07. The second-order valence-corrected chi connectivity index (χ2v) is 6.55. The Kier molecular flexibility index (Phi) is 7.69. The first-order valence-corrected chi connectivity index (χ1v) is 9.32. The van der Waals surface area contributed by atoms with Gasteiger partial charge in [0.25, 0.3) is 0 Å². The van der Waals surface area contributed by atoms with Crippen molar-refractivity contribution in [3.05, 3.63) is 64.9 Å². The lowest BCUT2D eigenvalue weighted by Crippen LogP contribution is -2.11. The zero-order chi connectivity index (χ0) is 20.5. The van der Waals surface area contributed by atoms with E-state index in [0.29, 0.717) is 6.54 Å². The third-order valence-electron chi connectivity index (χ3n) is 4.49. The maximum absolute atomic E-state index is 4.28. The van der Waals surface area contributed by atoms with Gasteiger partial charge in [0, 0.05) is 31.1 Å². The lowest BCUT2D eigenvalue weighted by molar-refractivity contribution is 1.04. The molecule has 0 atom stereocenters. The van der Waals surface area contributed by atoms with E-state index in [4.69, 9.17) is 0 Å². The first-order chi connectivity index (χ1) is 13.5. The molecule has 0 aromatic heterocycles. The number of nitrogens with one attached hydrogen (secondary N) is 2. The molecular weight excluding hydrogens is 346 g/mol. The fourth-order valence-electron chi connectivity index (χ4n) is 2.88. The Labute approximate surface area is 168 Å². The smallest absolute Gasteiger partial charge is 0.126 e. The van der Waals surface area contributed by atoms with Gasteiger partial charge in [-0.2, -0.15) is 0 Å². The van der Waals surface area contributed by atoms with Gasteiger partial charge in [-0.25, -0.2) is 0 Å². The minimum Gasteiger partial charge on any atom is -0.379 e. The Morgan fingerprint density at radius 2 is 1.89 bits per heavy atom. The van der Waals surface area contributed by atoms with Crippen LogP contribution >= 0.6 is 0 Å². The van der Waals surface area contributed by atoms with Crippen LogP contribution < -0.4 is 10.6 Å². The molecule has 0 spiro atoms. The number of anilines is 2. The molecule has 2 aromatic rings. The lowest BCUT2D eigenvalue weighted by atomic mass is 10.0. The lowest BCUT2D eigenvalue weighted by Gasteiger charge is -2.15. The number of hydrogen-bond donors (Lipinski definition) is 2. The van der Waals surface area contributed by atoms with Crippen LogP contribution in [-0.4, -0.2) is 26.3 Å². The average Bonchev–Trinajstić information content (AvgIpc) is 2.71. The van der Waals surface area contributed by atoms with Crippen LogP contribution in [0.5, 0.6) is 0 Å². The van der Waals surface area contributed by atoms with Crippen molar-refractivity contribution in [3.63, 3.8) is 0 Å². The summed E-state index contributed by atoms with van der Waals surface area (Å²) in [4.78, 5) is 12.3. The van der Waals surface area contributed by atoms with Gasteiger partial charge in [-0.15, -0.1) is 0 Å². The molecule has 5 nitrogen and oxygen atoms in total.